The van der Waals surface area contributed by atoms with Gasteiger partial charge in [-0.1, -0.05) is 0 Å². The summed E-state index contributed by atoms with van der Waals surface area (Å²) in [5, 5.41) is 6.51. The van der Waals surface area contributed by atoms with Crippen molar-refractivity contribution in [1.82, 2.24) is 30.2 Å². The van der Waals surface area contributed by atoms with Gasteiger partial charge in [0.1, 0.15) is 0 Å². The molecule has 0 spiro atoms. The van der Waals surface area contributed by atoms with Crippen LogP contribution in [0.3, 0.4) is 0 Å². The Morgan fingerprint density at radius 1 is 0.500 bits per heavy atom. The summed E-state index contributed by atoms with van der Waals surface area (Å²) in [7, 11) is 0. The Morgan fingerprint density at radius 3 is 1.09 bits per heavy atom. The molecule has 8 heteroatoms. The Hall–Kier alpha value is -1.54. The maximum absolute atomic E-state index is 12.4. The highest BCUT2D eigenvalue weighted by molar-refractivity contribution is 5.77. The summed E-state index contributed by atoms with van der Waals surface area (Å²) in [5.41, 5.74) is 0. The Kier molecular flexibility index (Phi) is 4.99. The van der Waals surface area contributed by atoms with Gasteiger partial charge < -0.3 is 30.2 Å². The lowest BCUT2D eigenvalue weighted by atomic mass is 10.3. The van der Waals surface area contributed by atoms with E-state index in [0.717, 1.165) is 52.4 Å². The third-order valence-corrected chi connectivity index (χ3v) is 4.60. The van der Waals surface area contributed by atoms with Crippen molar-refractivity contribution in [2.45, 2.75) is 0 Å². The third-order valence-electron chi connectivity index (χ3n) is 4.60. The van der Waals surface area contributed by atoms with E-state index in [2.05, 4.69) is 10.6 Å². The minimum atomic E-state index is 0.121. The van der Waals surface area contributed by atoms with Gasteiger partial charge in [-0.05, 0) is 0 Å². The maximum atomic E-state index is 12.4. The van der Waals surface area contributed by atoms with Crippen LogP contribution >= 0.6 is 0 Å². The van der Waals surface area contributed by atoms with Crippen LogP contribution in [0.2, 0.25) is 0 Å². The molecule has 3 heterocycles. The fraction of sp³-hybridized carbons (Fsp3) is 0.857. The zero-order valence-corrected chi connectivity index (χ0v) is 13.1. The molecule has 3 rings (SSSR count). The van der Waals surface area contributed by atoms with E-state index in [-0.39, 0.29) is 12.1 Å². The number of piperazine rings is 3. The Balaban J connectivity index is 1.47. The van der Waals surface area contributed by atoms with Crippen LogP contribution in [0, 0.1) is 0 Å². The zero-order chi connectivity index (χ0) is 15.4. The quantitative estimate of drug-likeness (QED) is 0.581. The van der Waals surface area contributed by atoms with E-state index in [4.69, 9.17) is 0 Å². The summed E-state index contributed by atoms with van der Waals surface area (Å²) in [6, 6.07) is 0.242. The van der Waals surface area contributed by atoms with Crippen molar-refractivity contribution < 1.29 is 9.59 Å². The molecule has 22 heavy (non-hydrogen) atoms. The molecule has 4 amide bonds. The number of hydrogen-bond acceptors (Lipinski definition) is 4. The van der Waals surface area contributed by atoms with Crippen LogP contribution in [0.15, 0.2) is 0 Å². The number of nitrogens with zero attached hydrogens (tertiary/aromatic N) is 4. The normalized spacial score (nSPS) is 23.6. The van der Waals surface area contributed by atoms with Crippen LogP contribution in [-0.2, 0) is 0 Å². The van der Waals surface area contributed by atoms with Gasteiger partial charge in [-0.15, -0.1) is 0 Å². The Bertz CT molecular complexity index is 360. The average Bonchev–Trinajstić information content (AvgIpc) is 2.62. The highest BCUT2D eigenvalue weighted by Crippen LogP contribution is 2.09. The standard InChI is InChI=1S/C14H26N6O2/c21-13(17-5-1-15-2-6-17)19-9-11-20(12-10-19)14(22)18-7-3-16-4-8-18/h15-16H,1-12H2. The van der Waals surface area contributed by atoms with E-state index in [0.29, 0.717) is 26.2 Å². The van der Waals surface area contributed by atoms with E-state index in [9.17, 15) is 9.59 Å². The monoisotopic (exact) mass is 310 g/mol. The second kappa shape index (κ2) is 7.15. The smallest absolute Gasteiger partial charge is 0.320 e. The van der Waals surface area contributed by atoms with Gasteiger partial charge in [0.15, 0.2) is 0 Å². The molecule has 0 unspecified atom stereocenters. The van der Waals surface area contributed by atoms with Gasteiger partial charge in [-0.2, -0.15) is 0 Å². The van der Waals surface area contributed by atoms with Crippen molar-refractivity contribution in [3.8, 4) is 0 Å². The highest BCUT2D eigenvalue weighted by atomic mass is 16.2. The first kappa shape index (κ1) is 15.4. The van der Waals surface area contributed by atoms with Crippen LogP contribution in [0.5, 0.6) is 0 Å². The van der Waals surface area contributed by atoms with E-state index in [1.54, 1.807) is 0 Å². The number of carbonyl (C=O) groups excluding carboxylic acids is 2. The molecule has 0 radical (unpaired) electrons. The predicted molar refractivity (Wildman–Crippen MR) is 82.8 cm³/mol. The topological polar surface area (TPSA) is 71.2 Å². The first-order valence-corrected chi connectivity index (χ1v) is 8.25. The largest absolute Gasteiger partial charge is 0.322 e. The van der Waals surface area contributed by atoms with Crippen molar-refractivity contribution in [2.24, 2.45) is 0 Å². The molecule has 0 saturated carbocycles. The lowest BCUT2D eigenvalue weighted by Crippen LogP contribution is -2.59. The van der Waals surface area contributed by atoms with Crippen molar-refractivity contribution in [2.75, 3.05) is 78.5 Å². The lowest BCUT2D eigenvalue weighted by Gasteiger charge is -2.40. The molecular weight excluding hydrogens is 284 g/mol. The number of rotatable bonds is 0. The van der Waals surface area contributed by atoms with Crippen molar-refractivity contribution in [3.05, 3.63) is 0 Å². The molecule has 8 nitrogen and oxygen atoms in total. The van der Waals surface area contributed by atoms with Crippen LogP contribution in [0.25, 0.3) is 0 Å². The molecule has 3 fully saturated rings. The lowest BCUT2D eigenvalue weighted by molar-refractivity contribution is 0.0998. The van der Waals surface area contributed by atoms with Crippen molar-refractivity contribution >= 4 is 12.1 Å². The van der Waals surface area contributed by atoms with Crippen molar-refractivity contribution in [3.63, 3.8) is 0 Å². The fourth-order valence-electron chi connectivity index (χ4n) is 3.20. The minimum absolute atomic E-state index is 0.121. The van der Waals surface area contributed by atoms with Crippen LogP contribution in [0.1, 0.15) is 0 Å². The number of amides is 4. The predicted octanol–water partition coefficient (Wildman–Crippen LogP) is -1.35. The van der Waals surface area contributed by atoms with Gasteiger partial charge in [-0.25, -0.2) is 9.59 Å². The zero-order valence-electron chi connectivity index (χ0n) is 13.1. The number of carbonyl (C=O) groups is 2. The summed E-state index contributed by atoms with van der Waals surface area (Å²) in [6.45, 7) is 9.14. The molecule has 124 valence electrons. The number of nitrogens with one attached hydrogen (secondary N) is 2. The summed E-state index contributed by atoms with van der Waals surface area (Å²) < 4.78 is 0. The Morgan fingerprint density at radius 2 is 0.773 bits per heavy atom. The molecule has 3 saturated heterocycles. The van der Waals surface area contributed by atoms with Crippen LogP contribution in [0.4, 0.5) is 9.59 Å². The van der Waals surface area contributed by atoms with Gasteiger partial charge in [0.05, 0.1) is 0 Å². The highest BCUT2D eigenvalue weighted by Gasteiger charge is 2.29. The van der Waals surface area contributed by atoms with Gasteiger partial charge in [0, 0.05) is 78.5 Å². The summed E-state index contributed by atoms with van der Waals surface area (Å²) in [6.07, 6.45) is 0. The molecule has 2 N–H and O–H groups in total. The SMILES string of the molecule is O=C(N1CCNCC1)N1CCN(C(=O)N2CCNCC2)CC1. The molecule has 3 aliphatic rings. The molecule has 0 aromatic heterocycles. The third kappa shape index (κ3) is 3.44. The number of urea groups is 2. The molecule has 0 bridgehead atoms. The second-order valence-electron chi connectivity index (χ2n) is 6.01. The van der Waals surface area contributed by atoms with Gasteiger partial charge in [0.25, 0.3) is 0 Å². The molecular formula is C14H26N6O2. The van der Waals surface area contributed by atoms with Crippen molar-refractivity contribution in [1.29, 1.82) is 0 Å². The van der Waals surface area contributed by atoms with Crippen LogP contribution in [-0.4, -0.2) is 110 Å². The second-order valence-corrected chi connectivity index (χ2v) is 6.01. The van der Waals surface area contributed by atoms with E-state index >= 15 is 0 Å². The summed E-state index contributed by atoms with van der Waals surface area (Å²) >= 11 is 0. The first-order chi connectivity index (χ1) is 10.8. The molecule has 0 atom stereocenters. The fourth-order valence-corrected chi connectivity index (χ4v) is 3.20. The molecule has 0 aromatic carbocycles. The average molecular weight is 310 g/mol. The van der Waals surface area contributed by atoms with E-state index in [1.165, 1.54) is 0 Å². The molecule has 3 aliphatic heterocycles. The van der Waals surface area contributed by atoms with Gasteiger partial charge in [-0.3, -0.25) is 0 Å². The minimum Gasteiger partial charge on any atom is -0.322 e. The number of hydrogen-bond donors (Lipinski definition) is 2. The Labute approximate surface area is 131 Å². The maximum Gasteiger partial charge on any atom is 0.320 e. The van der Waals surface area contributed by atoms with E-state index in [1.807, 2.05) is 19.6 Å². The summed E-state index contributed by atoms with van der Waals surface area (Å²) in [5.74, 6) is 0. The molecule has 0 aromatic rings. The molecule has 0 aliphatic carbocycles. The summed E-state index contributed by atoms with van der Waals surface area (Å²) in [4.78, 5) is 32.4. The first-order valence-electron chi connectivity index (χ1n) is 8.25. The van der Waals surface area contributed by atoms with E-state index < -0.39 is 0 Å². The van der Waals surface area contributed by atoms with Crippen LogP contribution < -0.4 is 10.6 Å². The van der Waals surface area contributed by atoms with Gasteiger partial charge >= 0.3 is 12.1 Å². The van der Waals surface area contributed by atoms with Gasteiger partial charge in [0.2, 0.25) is 0 Å².